The van der Waals surface area contributed by atoms with Crippen molar-refractivity contribution in [2.45, 2.75) is 11.7 Å². The minimum atomic E-state index is -0.443. The minimum Gasteiger partial charge on any atom is -0.507 e. The van der Waals surface area contributed by atoms with Crippen molar-refractivity contribution >= 4 is 40.1 Å². The molecule has 2 N–H and O–H groups in total. The largest absolute Gasteiger partial charge is 0.507 e. The lowest BCUT2D eigenvalue weighted by molar-refractivity contribution is -0.113. The molecule has 0 fully saturated rings. The number of amides is 1. The number of aromatic hydroxyl groups is 1. The highest BCUT2D eigenvalue weighted by Crippen LogP contribution is 2.34. The molecule has 4 aromatic rings. The van der Waals surface area contributed by atoms with E-state index in [1.807, 2.05) is 34.9 Å². The van der Waals surface area contributed by atoms with Crippen molar-refractivity contribution in [3.63, 3.8) is 0 Å². The highest BCUT2D eigenvalue weighted by atomic mass is 32.2. The Kier molecular flexibility index (Phi) is 7.64. The monoisotopic (exact) mass is 492 g/mol. The Morgan fingerprint density at radius 1 is 1.03 bits per heavy atom. The number of rotatable bonds is 9. The normalized spacial score (nSPS) is 10.9. The number of phenols is 1. The molecule has 0 atom stereocenters. The second kappa shape index (κ2) is 11.0. The predicted octanol–water partition coefficient (Wildman–Crippen LogP) is 3.97. The lowest BCUT2D eigenvalue weighted by Gasteiger charge is -2.11. The summed E-state index contributed by atoms with van der Waals surface area (Å²) in [7, 11) is 2.91. The average molecular weight is 493 g/mol. The number of thioether (sulfide) groups is 1. The van der Waals surface area contributed by atoms with Crippen LogP contribution in [0.3, 0.4) is 0 Å². The van der Waals surface area contributed by atoms with Crippen molar-refractivity contribution in [2.75, 3.05) is 31.9 Å². The van der Waals surface area contributed by atoms with Crippen LogP contribution < -0.4 is 5.32 Å². The number of nitrogens with zero attached hydrogens (tertiary/aromatic N) is 3. The number of nitrogens with one attached hydrogen (secondary N) is 1. The first-order valence-electron chi connectivity index (χ1n) is 10.8. The molecule has 0 bridgehead atoms. The van der Waals surface area contributed by atoms with E-state index < -0.39 is 5.97 Å². The van der Waals surface area contributed by atoms with E-state index in [9.17, 15) is 14.7 Å². The molecule has 0 unspecified atom stereocenters. The Bertz CT molecular complexity index is 1350. The van der Waals surface area contributed by atoms with Crippen LogP contribution in [-0.4, -0.2) is 58.3 Å². The molecular weight excluding hydrogens is 468 g/mol. The van der Waals surface area contributed by atoms with E-state index in [2.05, 4.69) is 20.3 Å². The van der Waals surface area contributed by atoms with Gasteiger partial charge >= 0.3 is 5.97 Å². The molecule has 1 aromatic heterocycles. The number of carbonyl (C=O) groups is 2. The summed E-state index contributed by atoms with van der Waals surface area (Å²) in [5, 5.41) is 24.4. The fourth-order valence-electron chi connectivity index (χ4n) is 3.52. The van der Waals surface area contributed by atoms with E-state index in [-0.39, 0.29) is 17.4 Å². The van der Waals surface area contributed by atoms with E-state index in [1.165, 1.54) is 18.9 Å². The average Bonchev–Trinajstić information content (AvgIpc) is 3.28. The van der Waals surface area contributed by atoms with E-state index in [4.69, 9.17) is 4.74 Å². The maximum absolute atomic E-state index is 12.5. The Labute approximate surface area is 206 Å². The number of benzene rings is 3. The number of ether oxygens (including phenoxy) is 2. The van der Waals surface area contributed by atoms with Gasteiger partial charge in [-0.3, -0.25) is 9.36 Å². The van der Waals surface area contributed by atoms with Crippen LogP contribution in [0.4, 0.5) is 5.69 Å². The van der Waals surface area contributed by atoms with Gasteiger partial charge in [0.1, 0.15) is 5.75 Å². The fourth-order valence-corrected chi connectivity index (χ4v) is 4.29. The summed E-state index contributed by atoms with van der Waals surface area (Å²) >= 11 is 1.23. The Morgan fingerprint density at radius 2 is 1.74 bits per heavy atom. The third-order valence-corrected chi connectivity index (χ3v) is 6.23. The maximum Gasteiger partial charge on any atom is 0.337 e. The van der Waals surface area contributed by atoms with Gasteiger partial charge in [-0.1, -0.05) is 36.0 Å². The summed E-state index contributed by atoms with van der Waals surface area (Å²) in [6.45, 7) is 0.857. The smallest absolute Gasteiger partial charge is 0.337 e. The molecule has 1 heterocycles. The Hall–Kier alpha value is -3.89. The molecule has 0 radical (unpaired) electrons. The van der Waals surface area contributed by atoms with E-state index in [1.54, 1.807) is 37.4 Å². The molecule has 0 saturated heterocycles. The number of aromatic nitrogens is 3. The molecule has 35 heavy (non-hydrogen) atoms. The van der Waals surface area contributed by atoms with Gasteiger partial charge in [-0.05, 0) is 47.2 Å². The predicted molar refractivity (Wildman–Crippen MR) is 134 cm³/mol. The zero-order valence-electron chi connectivity index (χ0n) is 19.2. The van der Waals surface area contributed by atoms with Gasteiger partial charge in [0.2, 0.25) is 5.91 Å². The summed E-state index contributed by atoms with van der Waals surface area (Å²) < 4.78 is 11.7. The molecule has 10 heteroatoms. The molecule has 0 aliphatic rings. The highest BCUT2D eigenvalue weighted by molar-refractivity contribution is 7.99. The minimum absolute atomic E-state index is 0.0908. The first kappa shape index (κ1) is 24.2. The van der Waals surface area contributed by atoms with Crippen LogP contribution >= 0.6 is 11.8 Å². The van der Waals surface area contributed by atoms with E-state index >= 15 is 0 Å². The van der Waals surface area contributed by atoms with Gasteiger partial charge < -0.3 is 19.9 Å². The molecule has 3 aromatic carbocycles. The third-order valence-electron chi connectivity index (χ3n) is 5.26. The van der Waals surface area contributed by atoms with Crippen molar-refractivity contribution in [2.24, 2.45) is 0 Å². The maximum atomic E-state index is 12.5. The number of anilines is 1. The van der Waals surface area contributed by atoms with Crippen LogP contribution in [0.1, 0.15) is 10.4 Å². The number of fused-ring (bicyclic) bond motifs is 1. The van der Waals surface area contributed by atoms with Crippen molar-refractivity contribution < 1.29 is 24.2 Å². The van der Waals surface area contributed by atoms with E-state index in [0.29, 0.717) is 40.9 Å². The first-order chi connectivity index (χ1) is 17.0. The molecule has 0 aliphatic heterocycles. The van der Waals surface area contributed by atoms with Crippen molar-refractivity contribution in [3.8, 4) is 17.1 Å². The second-order valence-electron chi connectivity index (χ2n) is 7.57. The standard InChI is InChI=1S/C25H24N4O5S/c1-33-12-11-29-23(20-13-17-5-3-4-6-18(17)14-21(20)30)27-28-25(29)35-15-22(31)26-19-9-7-16(8-10-19)24(32)34-2/h3-10,13-14,30H,11-12,15H2,1-2H3,(H,26,31). The summed E-state index contributed by atoms with van der Waals surface area (Å²) in [4.78, 5) is 24.1. The van der Waals surface area contributed by atoms with Crippen LogP contribution in [0.5, 0.6) is 5.75 Å². The van der Waals surface area contributed by atoms with Crippen molar-refractivity contribution in [1.82, 2.24) is 14.8 Å². The zero-order valence-corrected chi connectivity index (χ0v) is 20.0. The number of hydrogen-bond donors (Lipinski definition) is 2. The van der Waals surface area contributed by atoms with Gasteiger partial charge in [-0.25, -0.2) is 4.79 Å². The number of esters is 1. The van der Waals surface area contributed by atoms with Gasteiger partial charge in [0, 0.05) is 12.8 Å². The van der Waals surface area contributed by atoms with Gasteiger partial charge in [-0.15, -0.1) is 10.2 Å². The number of hydrogen-bond acceptors (Lipinski definition) is 8. The lowest BCUT2D eigenvalue weighted by atomic mass is 10.1. The van der Waals surface area contributed by atoms with Gasteiger partial charge in [-0.2, -0.15) is 0 Å². The molecule has 4 rings (SSSR count). The highest BCUT2D eigenvalue weighted by Gasteiger charge is 2.19. The van der Waals surface area contributed by atoms with Gasteiger partial charge in [0.25, 0.3) is 0 Å². The molecule has 1 amide bonds. The van der Waals surface area contributed by atoms with Crippen molar-refractivity contribution in [1.29, 1.82) is 0 Å². The number of carbonyl (C=O) groups excluding carboxylic acids is 2. The number of phenolic OH excluding ortho intramolecular Hbond substituents is 1. The Morgan fingerprint density at radius 3 is 2.43 bits per heavy atom. The second-order valence-corrected chi connectivity index (χ2v) is 8.52. The first-order valence-corrected chi connectivity index (χ1v) is 11.7. The lowest BCUT2D eigenvalue weighted by Crippen LogP contribution is -2.15. The number of methoxy groups -OCH3 is 2. The topological polar surface area (TPSA) is 116 Å². The van der Waals surface area contributed by atoms with Crippen LogP contribution in [0.15, 0.2) is 65.8 Å². The van der Waals surface area contributed by atoms with Crippen LogP contribution in [0, 0.1) is 0 Å². The SMILES string of the molecule is COCCn1c(SCC(=O)Nc2ccc(C(=O)OC)cc2)nnc1-c1cc2ccccc2cc1O. The summed E-state index contributed by atoms with van der Waals surface area (Å²) in [6.07, 6.45) is 0. The molecule has 0 aliphatic carbocycles. The Balaban J connectivity index is 1.51. The van der Waals surface area contributed by atoms with E-state index in [0.717, 1.165) is 10.8 Å². The molecule has 180 valence electrons. The summed E-state index contributed by atoms with van der Waals surface area (Å²) in [5.41, 5.74) is 1.51. The van der Waals surface area contributed by atoms with Crippen LogP contribution in [0.2, 0.25) is 0 Å². The van der Waals surface area contributed by atoms with Crippen LogP contribution in [0.25, 0.3) is 22.2 Å². The molecule has 0 spiro atoms. The van der Waals surface area contributed by atoms with Gasteiger partial charge in [0.05, 0.1) is 37.1 Å². The van der Waals surface area contributed by atoms with Gasteiger partial charge in [0.15, 0.2) is 11.0 Å². The summed E-state index contributed by atoms with van der Waals surface area (Å²) in [6, 6.07) is 17.7. The molecule has 9 nitrogen and oxygen atoms in total. The quantitative estimate of drug-likeness (QED) is 0.266. The molecule has 0 saturated carbocycles. The van der Waals surface area contributed by atoms with Crippen LogP contribution in [-0.2, 0) is 20.8 Å². The van der Waals surface area contributed by atoms with Crippen molar-refractivity contribution in [3.05, 3.63) is 66.2 Å². The summed E-state index contributed by atoms with van der Waals surface area (Å²) in [5.74, 6) is -0.00141. The zero-order chi connectivity index (χ0) is 24.8. The third kappa shape index (κ3) is 5.61. The fraction of sp³-hybridized carbons (Fsp3) is 0.200. The molecular formula is C25H24N4O5S.